The van der Waals surface area contributed by atoms with Gasteiger partial charge in [-0.1, -0.05) is 148 Å². The fraction of sp³-hybridized carbons (Fsp3) is 0.857. The third kappa shape index (κ3) is 12.8. The van der Waals surface area contributed by atoms with Crippen molar-refractivity contribution in [2.75, 3.05) is 65.8 Å². The molecule has 8 fully saturated rings. The van der Waals surface area contributed by atoms with Crippen molar-refractivity contribution in [3.8, 4) is 6.07 Å². The van der Waals surface area contributed by atoms with Gasteiger partial charge in [-0.3, -0.25) is 14.6 Å². The summed E-state index contributed by atoms with van der Waals surface area (Å²) in [5.41, 5.74) is 23.0. The van der Waals surface area contributed by atoms with Crippen LogP contribution in [0.3, 0.4) is 0 Å². The Morgan fingerprint density at radius 2 is 1.07 bits per heavy atom. The van der Waals surface area contributed by atoms with Gasteiger partial charge in [-0.15, -0.1) is 0 Å². The molecule has 21 nitrogen and oxygen atoms in total. The Labute approximate surface area is 629 Å². The summed E-state index contributed by atoms with van der Waals surface area (Å²) < 4.78 is 31.5. The summed E-state index contributed by atoms with van der Waals surface area (Å²) in [6, 6.07) is 1.96. The molecule has 11 N–H and O–H groups in total. The van der Waals surface area contributed by atoms with Crippen molar-refractivity contribution in [2.45, 2.75) is 264 Å². The second-order valence-electron chi connectivity index (χ2n) is 39.6. The molecule has 2 aromatic heterocycles. The second kappa shape index (κ2) is 29.2. The standard InChI is InChI=1S/C42H68N6O4.C39H61N5O4.C3H10N2/c1-25(2)27(5)37(6)16-17-39(8)28-12-13-31-38(7)21-51-23-42(31,29(28)14-15-40(39,9)32(37)36(49)50)20-30(33(38)52-22-41(10,43)26(3)4)48-35(46-24-47-48)34-44-18-11-19-45-34;1-23(2)25(5)34(6)15-16-36(8)26-11-12-29-35(7)19-47-21-39(29,27(26)13-14-37(36,9)31(34)33(45)46)17-28(44-30(18-40)42-22-43-44)32(35)48-20-38(10,41)24(3)4;4-2-1-3-5/h14,24-28,30-33H,11-13,15-23,43H2,1-10H3,(H,44,45)(H,49,50);13,22-26,28-29,31-32H,11-12,14-17,19-21,41H2,1-10H3,(H,45,46);1-5H2/t27-,28+,30-,31+,32-,33+,37-,38-,39-,40+,41+,42+;25-,26+,28-,29+,31-,32+,34-,35-,36-,37+,38+,39+;/m11./s1. The number of nitriles is 1. The summed E-state index contributed by atoms with van der Waals surface area (Å²) in [6.07, 6.45) is 20.8. The normalized spacial score (nSPS) is 42.0. The fourth-order valence-electron chi connectivity index (χ4n) is 25.2. The number of carbonyl (C=O) groups is 2. The van der Waals surface area contributed by atoms with Gasteiger partial charge in [0.25, 0.3) is 0 Å². The molecule has 2 saturated heterocycles. The van der Waals surface area contributed by atoms with E-state index in [-0.39, 0.29) is 96.2 Å². The first-order valence-electron chi connectivity index (χ1n) is 40.8. The number of carboxylic acids is 2. The molecule has 21 heteroatoms. The summed E-state index contributed by atoms with van der Waals surface area (Å²) in [4.78, 5) is 41.0. The fourth-order valence-corrected chi connectivity index (χ4v) is 25.2. The smallest absolute Gasteiger partial charge is 0.307 e. The van der Waals surface area contributed by atoms with Gasteiger partial charge >= 0.3 is 11.9 Å². The Bertz CT molecular complexity index is 3610. The minimum absolute atomic E-state index is 0.105. The molecule has 0 radical (unpaired) electrons. The Morgan fingerprint density at radius 3 is 1.45 bits per heavy atom. The molecular formula is C84H139N13O8. The number of nitrogens with zero attached hydrogens (tertiary/aromatic N) is 8. The van der Waals surface area contributed by atoms with Crippen LogP contribution in [-0.4, -0.2) is 147 Å². The average molecular weight is 1460 g/mol. The molecule has 4 bridgehead atoms. The zero-order valence-electron chi connectivity index (χ0n) is 68.2. The number of ether oxygens (including phenoxy) is 4. The number of aliphatic carboxylic acids is 2. The Kier molecular flexibility index (Phi) is 22.6. The van der Waals surface area contributed by atoms with Gasteiger partial charge < -0.3 is 57.4 Å². The third-order valence-electron chi connectivity index (χ3n) is 33.4. The van der Waals surface area contributed by atoms with E-state index in [0.717, 1.165) is 128 Å². The van der Waals surface area contributed by atoms with Crippen LogP contribution in [0.5, 0.6) is 0 Å². The number of rotatable bonds is 19. The molecule has 5 heterocycles. The largest absolute Gasteiger partial charge is 0.481 e. The molecule has 105 heavy (non-hydrogen) atoms. The van der Waals surface area contributed by atoms with Crippen molar-refractivity contribution in [1.29, 1.82) is 5.26 Å². The molecule has 8 aliphatic carbocycles. The van der Waals surface area contributed by atoms with Gasteiger partial charge in [0.05, 0.1) is 75.8 Å². The zero-order chi connectivity index (χ0) is 77.0. The first-order chi connectivity index (χ1) is 49.1. The maximum absolute atomic E-state index is 13.6. The molecule has 13 rings (SSSR count). The number of allylic oxidation sites excluding steroid dienone is 2. The Balaban J connectivity index is 0.000000198. The highest BCUT2D eigenvalue weighted by Gasteiger charge is 2.75. The van der Waals surface area contributed by atoms with E-state index in [9.17, 15) is 25.1 Å². The molecule has 0 unspecified atom stereocenters. The lowest BCUT2D eigenvalue weighted by atomic mass is 9.34. The minimum atomic E-state index is -0.642. The van der Waals surface area contributed by atoms with Crippen molar-refractivity contribution < 1.29 is 38.7 Å². The number of aliphatic imine (C=N–C) groups is 1. The van der Waals surface area contributed by atoms with Crippen LogP contribution in [0.15, 0.2) is 40.9 Å². The summed E-state index contributed by atoms with van der Waals surface area (Å²) in [5.74, 6) is 2.91. The molecule has 3 aliphatic heterocycles. The van der Waals surface area contributed by atoms with Crippen LogP contribution in [0.1, 0.15) is 252 Å². The molecule has 588 valence electrons. The van der Waals surface area contributed by atoms with Crippen LogP contribution in [-0.2, 0) is 28.5 Å². The number of nitrogens with two attached hydrogens (primary N) is 4. The number of hydrogen-bond acceptors (Lipinski definition) is 17. The summed E-state index contributed by atoms with van der Waals surface area (Å²) >= 11 is 0. The number of amidine groups is 1. The highest BCUT2D eigenvalue weighted by atomic mass is 16.5. The highest BCUT2D eigenvalue weighted by Crippen LogP contribution is 2.78. The lowest BCUT2D eigenvalue weighted by Gasteiger charge is -2.71. The number of nitrogens with one attached hydrogen (secondary N) is 1. The molecule has 0 amide bonds. The highest BCUT2D eigenvalue weighted by molar-refractivity contribution is 5.96. The number of aromatic nitrogens is 6. The average Bonchev–Trinajstić information content (AvgIpc) is 1.12. The molecule has 11 aliphatic rings. The van der Waals surface area contributed by atoms with Crippen LogP contribution in [0.25, 0.3) is 0 Å². The summed E-state index contributed by atoms with van der Waals surface area (Å²) in [5, 5.41) is 45.4. The van der Waals surface area contributed by atoms with Gasteiger partial charge in [0.1, 0.15) is 18.7 Å². The topological polar surface area (TPSA) is 325 Å². The van der Waals surface area contributed by atoms with E-state index in [0.29, 0.717) is 86.9 Å². The maximum atomic E-state index is 13.6. The maximum Gasteiger partial charge on any atom is 0.307 e. The van der Waals surface area contributed by atoms with E-state index < -0.39 is 34.9 Å². The summed E-state index contributed by atoms with van der Waals surface area (Å²) in [6.45, 7) is 51.5. The number of carboxylic acid groups (broad SMARTS) is 2. The SMILES string of the molecule is CC(C)[C@@H](C)[C@@]1(C)CC[C@]2(C)[C@H]3CC[C@@H]4[C@@]5(COC[C@@]4(C)[C@@H](OC[C@](C)(N)C(C)C)[C@H](n4ncnc4C#N)C5)C3=CC[C@@]2(C)[C@@H]1C(=O)O.CC(C)[C@@H](C)[C@@]1(C)CC[C@]2(C)[C@H]3CC[C@@H]4[C@@]5(COC[C@@]4(C)[C@@H](OC[C@](C)(N)C(C)C)[C@H](n4ncnc4C4=NCCCN4)C5)C3=CC[C@@]2(C)[C@@H]1C(=O)O.NCCCN. The van der Waals surface area contributed by atoms with Gasteiger partial charge in [0.2, 0.25) is 5.82 Å². The first-order valence-corrected chi connectivity index (χ1v) is 40.8. The van der Waals surface area contributed by atoms with Crippen LogP contribution in [0, 0.1) is 136 Å². The van der Waals surface area contributed by atoms with Crippen molar-refractivity contribution in [3.63, 3.8) is 0 Å². The molecule has 2 aromatic rings. The van der Waals surface area contributed by atoms with Crippen LogP contribution in [0.4, 0.5) is 0 Å². The number of fused-ring (bicyclic) bond motifs is 6. The molecular weight excluding hydrogens is 1320 g/mol. The van der Waals surface area contributed by atoms with Gasteiger partial charge in [-0.05, 0) is 208 Å². The molecule has 0 aromatic carbocycles. The minimum Gasteiger partial charge on any atom is -0.481 e. The van der Waals surface area contributed by atoms with Gasteiger partial charge in [0.15, 0.2) is 11.7 Å². The van der Waals surface area contributed by atoms with E-state index in [1.54, 1.807) is 6.33 Å². The summed E-state index contributed by atoms with van der Waals surface area (Å²) in [7, 11) is 0. The van der Waals surface area contributed by atoms with E-state index >= 15 is 0 Å². The third-order valence-corrected chi connectivity index (χ3v) is 33.4. The zero-order valence-corrected chi connectivity index (χ0v) is 68.2. The van der Waals surface area contributed by atoms with Crippen molar-refractivity contribution in [2.24, 2.45) is 153 Å². The molecule has 6 saturated carbocycles. The van der Waals surface area contributed by atoms with Gasteiger partial charge in [-0.25, -0.2) is 19.3 Å². The van der Waals surface area contributed by atoms with Gasteiger partial charge in [-0.2, -0.15) is 15.5 Å². The van der Waals surface area contributed by atoms with Crippen LogP contribution >= 0.6 is 0 Å². The quantitative estimate of drug-likeness (QED) is 0.0643. The lowest BCUT2D eigenvalue weighted by Crippen LogP contribution is -2.69. The van der Waals surface area contributed by atoms with E-state index in [4.69, 9.17) is 57.0 Å². The van der Waals surface area contributed by atoms with Crippen molar-refractivity contribution in [3.05, 3.63) is 47.6 Å². The van der Waals surface area contributed by atoms with Crippen molar-refractivity contribution in [1.82, 2.24) is 34.8 Å². The second-order valence-corrected chi connectivity index (χ2v) is 39.6. The first kappa shape index (κ1) is 81.3. The van der Waals surface area contributed by atoms with Crippen LogP contribution < -0.4 is 28.3 Å². The van der Waals surface area contributed by atoms with Gasteiger partial charge in [0, 0.05) is 45.8 Å². The van der Waals surface area contributed by atoms with Crippen LogP contribution in [0.2, 0.25) is 0 Å². The Hall–Kier alpha value is -4.66. The van der Waals surface area contributed by atoms with Crippen molar-refractivity contribution >= 4 is 17.8 Å². The molecule has 0 spiro atoms. The monoisotopic (exact) mass is 1460 g/mol. The van der Waals surface area contributed by atoms with E-state index in [1.807, 2.05) is 11.6 Å². The Morgan fingerprint density at radius 1 is 0.638 bits per heavy atom. The molecule has 24 atom stereocenters. The number of hydrogen-bond donors (Lipinski definition) is 7. The predicted octanol–water partition coefficient (Wildman–Crippen LogP) is 13.2. The predicted molar refractivity (Wildman–Crippen MR) is 411 cm³/mol. The van der Waals surface area contributed by atoms with E-state index in [2.05, 4.69) is 170 Å². The lowest BCUT2D eigenvalue weighted by molar-refractivity contribution is -0.252. The van der Waals surface area contributed by atoms with E-state index in [1.165, 1.54) is 17.5 Å².